The van der Waals surface area contributed by atoms with Crippen molar-refractivity contribution < 1.29 is 27.0 Å². The molecule has 0 saturated carbocycles. The number of hydrogen-bond donors (Lipinski definition) is 2. The summed E-state index contributed by atoms with van der Waals surface area (Å²) in [5.74, 6) is 4.93. The lowest BCUT2D eigenvalue weighted by molar-refractivity contribution is -0.174. The van der Waals surface area contributed by atoms with Crippen molar-refractivity contribution in [3.63, 3.8) is 0 Å². The lowest BCUT2D eigenvalue weighted by Crippen LogP contribution is -2.38. The van der Waals surface area contributed by atoms with Crippen molar-refractivity contribution >= 4 is 0 Å². The molecular formula is C13H18F4N2O2. The van der Waals surface area contributed by atoms with Crippen LogP contribution in [0.2, 0.25) is 0 Å². The Morgan fingerprint density at radius 2 is 2.05 bits per heavy atom. The van der Waals surface area contributed by atoms with E-state index < -0.39 is 24.6 Å². The summed E-state index contributed by atoms with van der Waals surface area (Å²) in [6.45, 7) is -1.43. The Bertz CT molecular complexity index is 441. The fourth-order valence-electron chi connectivity index (χ4n) is 1.79. The molecule has 1 aromatic carbocycles. The third kappa shape index (κ3) is 6.28. The highest BCUT2D eigenvalue weighted by Crippen LogP contribution is 2.21. The molecule has 0 spiro atoms. The number of nitrogens with two attached hydrogens (primary N) is 1. The summed E-state index contributed by atoms with van der Waals surface area (Å²) in [6.07, 6.45) is -3.91. The number of halogens is 4. The van der Waals surface area contributed by atoms with Gasteiger partial charge in [0.25, 0.3) is 0 Å². The van der Waals surface area contributed by atoms with E-state index in [1.165, 1.54) is 13.2 Å². The molecule has 8 heteroatoms. The van der Waals surface area contributed by atoms with Crippen molar-refractivity contribution in [3.05, 3.63) is 29.6 Å². The van der Waals surface area contributed by atoms with Crippen LogP contribution < -0.4 is 16.0 Å². The van der Waals surface area contributed by atoms with Gasteiger partial charge in [0.1, 0.15) is 6.61 Å². The molecule has 3 N–H and O–H groups in total. The lowest BCUT2D eigenvalue weighted by atomic mass is 10.0. The minimum absolute atomic E-state index is 0.108. The van der Waals surface area contributed by atoms with E-state index in [9.17, 15) is 17.6 Å². The average Bonchev–Trinajstić information content (AvgIpc) is 2.43. The molecule has 0 aromatic heterocycles. The molecule has 1 atom stereocenters. The Labute approximate surface area is 120 Å². The fraction of sp³-hybridized carbons (Fsp3) is 0.538. The number of hydrazine groups is 1. The van der Waals surface area contributed by atoms with E-state index in [4.69, 9.17) is 10.6 Å². The first-order valence-electron chi connectivity index (χ1n) is 6.29. The molecule has 0 fully saturated rings. The molecule has 4 nitrogen and oxygen atoms in total. The Balaban J connectivity index is 2.51. The van der Waals surface area contributed by atoms with Crippen molar-refractivity contribution in [3.8, 4) is 5.75 Å². The minimum Gasteiger partial charge on any atom is -0.494 e. The maximum absolute atomic E-state index is 13.9. The summed E-state index contributed by atoms with van der Waals surface area (Å²) in [5.41, 5.74) is 2.81. The van der Waals surface area contributed by atoms with Gasteiger partial charge in [-0.3, -0.25) is 11.3 Å². The second-order valence-corrected chi connectivity index (χ2v) is 4.46. The second kappa shape index (κ2) is 8.16. The monoisotopic (exact) mass is 310 g/mol. The van der Waals surface area contributed by atoms with Gasteiger partial charge >= 0.3 is 6.18 Å². The molecule has 21 heavy (non-hydrogen) atoms. The molecule has 0 amide bonds. The number of methoxy groups -OCH3 is 1. The number of alkyl halides is 3. The van der Waals surface area contributed by atoms with Gasteiger partial charge in [0, 0.05) is 12.6 Å². The van der Waals surface area contributed by atoms with E-state index >= 15 is 0 Å². The van der Waals surface area contributed by atoms with Crippen LogP contribution in [-0.2, 0) is 11.2 Å². The van der Waals surface area contributed by atoms with E-state index in [0.717, 1.165) is 0 Å². The molecule has 1 aromatic rings. The van der Waals surface area contributed by atoms with Crippen molar-refractivity contribution in [1.82, 2.24) is 5.43 Å². The van der Waals surface area contributed by atoms with Crippen LogP contribution in [0.25, 0.3) is 0 Å². The van der Waals surface area contributed by atoms with E-state index in [2.05, 4.69) is 10.2 Å². The first kappa shape index (κ1) is 17.7. The van der Waals surface area contributed by atoms with Crippen LogP contribution in [0, 0.1) is 5.82 Å². The summed E-state index contributed by atoms with van der Waals surface area (Å²) in [5, 5.41) is 0. The van der Waals surface area contributed by atoms with Crippen LogP contribution in [0.3, 0.4) is 0 Å². The summed E-state index contributed by atoms with van der Waals surface area (Å²) in [4.78, 5) is 0. The molecule has 0 heterocycles. The fourth-order valence-corrected chi connectivity index (χ4v) is 1.79. The SMILES string of the molecule is COc1cccc(CC(CCOCC(F)(F)F)NN)c1F. The number of hydrogen-bond acceptors (Lipinski definition) is 4. The zero-order valence-corrected chi connectivity index (χ0v) is 11.5. The van der Waals surface area contributed by atoms with Gasteiger partial charge in [-0.15, -0.1) is 0 Å². The van der Waals surface area contributed by atoms with E-state index in [1.807, 2.05) is 0 Å². The molecule has 1 unspecified atom stereocenters. The van der Waals surface area contributed by atoms with Crippen LogP contribution in [0.5, 0.6) is 5.75 Å². The second-order valence-electron chi connectivity index (χ2n) is 4.46. The van der Waals surface area contributed by atoms with Crippen LogP contribution in [0.15, 0.2) is 18.2 Å². The molecule has 0 aliphatic rings. The van der Waals surface area contributed by atoms with Gasteiger partial charge < -0.3 is 9.47 Å². The normalized spacial score (nSPS) is 13.2. The molecule has 120 valence electrons. The Hall–Kier alpha value is -1.38. The van der Waals surface area contributed by atoms with Gasteiger partial charge in [-0.1, -0.05) is 12.1 Å². The third-order valence-electron chi connectivity index (χ3n) is 2.84. The summed E-state index contributed by atoms with van der Waals surface area (Å²) < 4.78 is 59.1. The highest BCUT2D eigenvalue weighted by atomic mass is 19.4. The maximum atomic E-state index is 13.9. The zero-order valence-electron chi connectivity index (χ0n) is 11.5. The molecule has 0 aliphatic carbocycles. The Morgan fingerprint density at radius 3 is 2.62 bits per heavy atom. The summed E-state index contributed by atoms with van der Waals surface area (Å²) in [7, 11) is 1.35. The van der Waals surface area contributed by atoms with Crippen LogP contribution in [0.1, 0.15) is 12.0 Å². The smallest absolute Gasteiger partial charge is 0.411 e. The minimum atomic E-state index is -4.36. The number of rotatable bonds is 8. The largest absolute Gasteiger partial charge is 0.494 e. The molecule has 0 radical (unpaired) electrons. The highest BCUT2D eigenvalue weighted by Gasteiger charge is 2.27. The van der Waals surface area contributed by atoms with Gasteiger partial charge in [0.2, 0.25) is 0 Å². The standard InChI is InChI=1S/C13H18F4N2O2/c1-20-11-4-2-3-9(12(11)14)7-10(19-18)5-6-21-8-13(15,16)17/h2-4,10,19H,5-8,18H2,1H3. The Kier molecular flexibility index (Phi) is 6.86. The average molecular weight is 310 g/mol. The van der Waals surface area contributed by atoms with Gasteiger partial charge in [-0.2, -0.15) is 13.2 Å². The highest BCUT2D eigenvalue weighted by molar-refractivity contribution is 5.31. The molecule has 1 rings (SSSR count). The van der Waals surface area contributed by atoms with Crippen molar-refractivity contribution in [2.75, 3.05) is 20.3 Å². The first-order valence-corrected chi connectivity index (χ1v) is 6.29. The van der Waals surface area contributed by atoms with Crippen LogP contribution in [0.4, 0.5) is 17.6 Å². The maximum Gasteiger partial charge on any atom is 0.411 e. The molecule has 0 bridgehead atoms. The van der Waals surface area contributed by atoms with Crippen molar-refractivity contribution in [1.29, 1.82) is 0 Å². The summed E-state index contributed by atoms with van der Waals surface area (Å²) in [6, 6.07) is 4.28. The van der Waals surface area contributed by atoms with E-state index in [1.54, 1.807) is 12.1 Å². The predicted molar refractivity (Wildman–Crippen MR) is 69.3 cm³/mol. The molecule has 0 saturated heterocycles. The number of ether oxygens (including phenoxy) is 2. The lowest BCUT2D eigenvalue weighted by Gasteiger charge is -2.17. The van der Waals surface area contributed by atoms with Gasteiger partial charge in [-0.05, 0) is 24.5 Å². The van der Waals surface area contributed by atoms with Crippen LogP contribution >= 0.6 is 0 Å². The first-order chi connectivity index (χ1) is 9.87. The van der Waals surface area contributed by atoms with Gasteiger partial charge in [0.15, 0.2) is 11.6 Å². The van der Waals surface area contributed by atoms with Crippen molar-refractivity contribution in [2.45, 2.75) is 25.1 Å². The third-order valence-corrected chi connectivity index (χ3v) is 2.84. The number of nitrogens with one attached hydrogen (secondary N) is 1. The quantitative estimate of drug-likeness (QED) is 0.334. The predicted octanol–water partition coefficient (Wildman–Crippen LogP) is 2.18. The van der Waals surface area contributed by atoms with Gasteiger partial charge in [-0.25, -0.2) is 4.39 Å². The topological polar surface area (TPSA) is 56.5 Å². The van der Waals surface area contributed by atoms with Gasteiger partial charge in [0.05, 0.1) is 7.11 Å². The summed E-state index contributed by atoms with van der Waals surface area (Å²) >= 11 is 0. The van der Waals surface area contributed by atoms with Crippen LogP contribution in [-0.4, -0.2) is 32.5 Å². The van der Waals surface area contributed by atoms with E-state index in [-0.39, 0.29) is 25.2 Å². The molecule has 0 aliphatic heterocycles. The van der Waals surface area contributed by atoms with Crippen molar-refractivity contribution in [2.24, 2.45) is 5.84 Å². The zero-order chi connectivity index (χ0) is 15.9. The molecular weight excluding hydrogens is 292 g/mol. The van der Waals surface area contributed by atoms with E-state index in [0.29, 0.717) is 5.56 Å². The Morgan fingerprint density at radius 1 is 1.33 bits per heavy atom. The number of benzene rings is 1.